The molecule has 0 saturated heterocycles. The normalized spacial score (nSPS) is 13.2. The minimum atomic E-state index is -0.531. The maximum atomic E-state index is 2.59. The summed E-state index contributed by atoms with van der Waals surface area (Å²) in [6.07, 6.45) is 0. The van der Waals surface area contributed by atoms with Gasteiger partial charge in [0, 0.05) is 37.0 Å². The van der Waals surface area contributed by atoms with Crippen LogP contribution in [-0.4, -0.2) is 0 Å². The second kappa shape index (κ2) is 13.1. The van der Waals surface area contributed by atoms with E-state index in [-0.39, 0.29) is 0 Å². The highest BCUT2D eigenvalue weighted by molar-refractivity contribution is 7.25. The Morgan fingerprint density at radius 1 is 0.302 bits per heavy atom. The molecular formula is C61H37NS. The topological polar surface area (TPSA) is 3.24 Å². The largest absolute Gasteiger partial charge is 0.309 e. The monoisotopic (exact) mass is 815 g/mol. The Hall–Kier alpha value is -7.78. The summed E-state index contributed by atoms with van der Waals surface area (Å²) in [5, 5.41) is 10.2. The van der Waals surface area contributed by atoms with Crippen LogP contribution in [0, 0.1) is 0 Å². The lowest BCUT2D eigenvalue weighted by molar-refractivity contribution is 0.793. The van der Waals surface area contributed by atoms with Crippen LogP contribution in [0.1, 0.15) is 22.3 Å². The van der Waals surface area contributed by atoms with E-state index in [1.54, 1.807) is 0 Å². The number of benzene rings is 11. The average molecular weight is 816 g/mol. The first-order valence-electron chi connectivity index (χ1n) is 21.8. The lowest BCUT2D eigenvalue weighted by Crippen LogP contribution is -2.28. The van der Waals surface area contributed by atoms with Gasteiger partial charge in [0.25, 0.3) is 0 Å². The maximum absolute atomic E-state index is 2.59. The summed E-state index contributed by atoms with van der Waals surface area (Å²) in [7, 11) is 0. The average Bonchev–Trinajstić information content (AvgIpc) is 3.98. The van der Waals surface area contributed by atoms with Crippen LogP contribution in [0.15, 0.2) is 224 Å². The van der Waals surface area contributed by atoms with Gasteiger partial charge in [-0.1, -0.05) is 182 Å². The SMILES string of the molecule is c1ccc(N(c2ccc3c4ccccc4c4ccccc4c3c2)c2cccc3c2C2(c4ccccc4-c4ccccc42)c2ccccc2-3)c(-c2ccc3sc4ccccc4c3c2)c1. The van der Waals surface area contributed by atoms with Crippen LogP contribution in [0.3, 0.4) is 0 Å². The number of nitrogens with zero attached hydrogens (tertiary/aromatic N) is 1. The van der Waals surface area contributed by atoms with Crippen LogP contribution in [0.25, 0.3) is 85.9 Å². The van der Waals surface area contributed by atoms with E-state index in [0.717, 1.165) is 11.4 Å². The van der Waals surface area contributed by atoms with Gasteiger partial charge in [-0.15, -0.1) is 11.3 Å². The van der Waals surface area contributed by atoms with E-state index >= 15 is 0 Å². The molecule has 2 aliphatic carbocycles. The molecule has 12 aromatic rings. The Bertz CT molecular complexity index is 3790. The molecule has 292 valence electrons. The van der Waals surface area contributed by atoms with Crippen molar-refractivity contribution in [2.75, 3.05) is 4.90 Å². The van der Waals surface area contributed by atoms with Crippen molar-refractivity contribution in [1.82, 2.24) is 0 Å². The first-order valence-corrected chi connectivity index (χ1v) is 22.7. The summed E-state index contributed by atoms with van der Waals surface area (Å²) in [6, 6.07) is 84.3. The quantitative estimate of drug-likeness (QED) is 0.160. The van der Waals surface area contributed by atoms with Crippen molar-refractivity contribution in [3.05, 3.63) is 247 Å². The fourth-order valence-corrected chi connectivity index (χ4v) is 12.7. The highest BCUT2D eigenvalue weighted by Crippen LogP contribution is 2.65. The van der Waals surface area contributed by atoms with Gasteiger partial charge < -0.3 is 4.90 Å². The second-order valence-electron chi connectivity index (χ2n) is 17.1. The molecule has 0 unspecified atom stereocenters. The van der Waals surface area contributed by atoms with Gasteiger partial charge in [-0.25, -0.2) is 0 Å². The third kappa shape index (κ3) is 4.71. The van der Waals surface area contributed by atoms with Gasteiger partial charge in [-0.3, -0.25) is 0 Å². The Kier molecular flexibility index (Phi) is 7.26. The molecule has 1 nitrogen and oxygen atoms in total. The van der Waals surface area contributed by atoms with Gasteiger partial charge in [0.2, 0.25) is 0 Å². The van der Waals surface area contributed by atoms with E-state index in [9.17, 15) is 0 Å². The number of hydrogen-bond donors (Lipinski definition) is 0. The third-order valence-corrected chi connectivity index (χ3v) is 15.2. The highest BCUT2D eigenvalue weighted by atomic mass is 32.1. The number of hydrogen-bond acceptors (Lipinski definition) is 2. The first-order chi connectivity index (χ1) is 31.3. The fraction of sp³-hybridized carbons (Fsp3) is 0.0164. The van der Waals surface area contributed by atoms with E-state index in [1.165, 1.54) is 114 Å². The first kappa shape index (κ1) is 34.9. The van der Waals surface area contributed by atoms with Gasteiger partial charge in [0.1, 0.15) is 0 Å². The predicted molar refractivity (Wildman–Crippen MR) is 268 cm³/mol. The third-order valence-electron chi connectivity index (χ3n) is 14.1. The number of thiophene rings is 1. The molecule has 0 atom stereocenters. The van der Waals surface area contributed by atoms with Crippen LogP contribution < -0.4 is 4.90 Å². The molecule has 1 aromatic heterocycles. The standard InChI is InChI=1S/C61H37NS/c1-2-19-43-41(17-1)42-18-3-4-20-44(42)51-37-39(33-34-45(43)51)62(56-29-13-8-16-40(56)38-32-35-59-52(36-38)49-24-9-14-31-58(49)63-59)57-30-15-25-50-48-23-7-12-28-55(48)61(60(50)57)53-26-10-5-21-46(53)47-22-6-11-27-54(47)61/h1-37H. The minimum absolute atomic E-state index is 0.531. The number of fused-ring (bicyclic) bond motifs is 19. The Labute approximate surface area is 369 Å². The van der Waals surface area contributed by atoms with Crippen LogP contribution in [0.2, 0.25) is 0 Å². The zero-order valence-electron chi connectivity index (χ0n) is 34.2. The van der Waals surface area contributed by atoms with Crippen LogP contribution in [0.4, 0.5) is 17.1 Å². The summed E-state index contributed by atoms with van der Waals surface area (Å²) >= 11 is 1.87. The Morgan fingerprint density at radius 3 is 1.44 bits per heavy atom. The van der Waals surface area contributed by atoms with Crippen molar-refractivity contribution in [2.45, 2.75) is 5.41 Å². The molecule has 2 heteroatoms. The second-order valence-corrected chi connectivity index (χ2v) is 18.2. The molecule has 0 amide bonds. The highest BCUT2D eigenvalue weighted by Gasteiger charge is 2.53. The molecular weight excluding hydrogens is 779 g/mol. The predicted octanol–water partition coefficient (Wildman–Crippen LogP) is 17.0. The van der Waals surface area contributed by atoms with E-state index in [0.29, 0.717) is 0 Å². The van der Waals surface area contributed by atoms with E-state index < -0.39 is 5.41 Å². The molecule has 0 fully saturated rings. The van der Waals surface area contributed by atoms with Crippen molar-refractivity contribution in [3.63, 3.8) is 0 Å². The summed E-state index contributed by atoms with van der Waals surface area (Å²) in [4.78, 5) is 2.59. The summed E-state index contributed by atoms with van der Waals surface area (Å²) in [5.74, 6) is 0. The van der Waals surface area contributed by atoms with Gasteiger partial charge in [0.15, 0.2) is 0 Å². The van der Waals surface area contributed by atoms with Crippen molar-refractivity contribution < 1.29 is 0 Å². The van der Waals surface area contributed by atoms with Crippen LogP contribution in [-0.2, 0) is 5.41 Å². The van der Waals surface area contributed by atoms with E-state index in [1.807, 2.05) is 11.3 Å². The minimum Gasteiger partial charge on any atom is -0.309 e. The summed E-state index contributed by atoms with van der Waals surface area (Å²) in [5.41, 5.74) is 15.8. The van der Waals surface area contributed by atoms with Gasteiger partial charge in [-0.2, -0.15) is 0 Å². The molecule has 1 heterocycles. The van der Waals surface area contributed by atoms with Crippen molar-refractivity contribution in [1.29, 1.82) is 0 Å². The Balaban J connectivity index is 1.11. The molecule has 63 heavy (non-hydrogen) atoms. The smallest absolute Gasteiger partial charge is 0.0746 e. The summed E-state index contributed by atoms with van der Waals surface area (Å²) in [6.45, 7) is 0. The number of para-hydroxylation sites is 1. The van der Waals surface area contributed by atoms with E-state index in [2.05, 4.69) is 229 Å². The summed E-state index contributed by atoms with van der Waals surface area (Å²) < 4.78 is 2.62. The van der Waals surface area contributed by atoms with E-state index in [4.69, 9.17) is 0 Å². The zero-order valence-corrected chi connectivity index (χ0v) is 35.0. The molecule has 0 N–H and O–H groups in total. The molecule has 2 aliphatic rings. The lowest BCUT2D eigenvalue weighted by atomic mass is 9.70. The fourth-order valence-electron chi connectivity index (χ4n) is 11.6. The molecule has 1 spiro atoms. The molecule has 11 aromatic carbocycles. The molecule has 0 saturated carbocycles. The molecule has 0 radical (unpaired) electrons. The van der Waals surface area contributed by atoms with Crippen molar-refractivity contribution in [3.8, 4) is 33.4 Å². The lowest BCUT2D eigenvalue weighted by Gasteiger charge is -2.36. The van der Waals surface area contributed by atoms with Gasteiger partial charge in [-0.05, 0) is 119 Å². The van der Waals surface area contributed by atoms with Gasteiger partial charge in [0.05, 0.1) is 16.8 Å². The maximum Gasteiger partial charge on any atom is 0.0746 e. The van der Waals surface area contributed by atoms with Crippen LogP contribution >= 0.6 is 11.3 Å². The zero-order chi connectivity index (χ0) is 41.2. The van der Waals surface area contributed by atoms with Crippen LogP contribution in [0.5, 0.6) is 0 Å². The molecule has 0 aliphatic heterocycles. The van der Waals surface area contributed by atoms with Gasteiger partial charge >= 0.3 is 0 Å². The number of rotatable bonds is 4. The van der Waals surface area contributed by atoms with Crippen molar-refractivity contribution in [2.24, 2.45) is 0 Å². The molecule has 0 bridgehead atoms. The molecule has 14 rings (SSSR count). The van der Waals surface area contributed by atoms with Crippen molar-refractivity contribution >= 4 is 80.9 Å². The number of anilines is 3. The Morgan fingerprint density at radius 2 is 0.778 bits per heavy atom.